The highest BCUT2D eigenvalue weighted by atomic mass is 127. The van der Waals surface area contributed by atoms with E-state index in [-0.39, 0.29) is 24.0 Å². The van der Waals surface area contributed by atoms with Gasteiger partial charge in [-0.25, -0.2) is 4.79 Å². The van der Waals surface area contributed by atoms with E-state index in [0.29, 0.717) is 19.0 Å². The van der Waals surface area contributed by atoms with E-state index in [1.165, 1.54) is 0 Å². The average molecular weight is 494 g/mol. The Morgan fingerprint density at radius 2 is 1.89 bits per heavy atom. The monoisotopic (exact) mass is 494 g/mol. The van der Waals surface area contributed by atoms with Gasteiger partial charge in [-0.2, -0.15) is 0 Å². The van der Waals surface area contributed by atoms with Crippen molar-refractivity contribution in [2.24, 2.45) is 4.99 Å². The minimum Gasteiger partial charge on any atom is -0.469 e. The lowest BCUT2D eigenvalue weighted by Crippen LogP contribution is -2.57. The third kappa shape index (κ3) is 9.88. The Balaban J connectivity index is 0.00000676. The van der Waals surface area contributed by atoms with Gasteiger partial charge in [0.25, 0.3) is 0 Å². The number of halogens is 1. The zero-order valence-electron chi connectivity index (χ0n) is 17.3. The maximum Gasteiger partial charge on any atom is 0.408 e. The molecule has 0 aliphatic rings. The summed E-state index contributed by atoms with van der Waals surface area (Å²) in [5, 5.41) is 9.58. The molecular formula is C19H35IN4O3. The minimum atomic E-state index is -0.520. The molecule has 0 unspecified atom stereocenters. The topological polar surface area (TPSA) is 87.9 Å². The fourth-order valence-electron chi connectivity index (χ4n) is 2.47. The van der Waals surface area contributed by atoms with Crippen LogP contribution in [0.5, 0.6) is 0 Å². The number of ether oxygens (including phenoxy) is 1. The summed E-state index contributed by atoms with van der Waals surface area (Å²) in [4.78, 5) is 16.4. The molecule has 0 atom stereocenters. The lowest BCUT2D eigenvalue weighted by atomic mass is 9.93. The number of guanidine groups is 1. The molecule has 1 heterocycles. The zero-order valence-corrected chi connectivity index (χ0v) is 19.7. The van der Waals surface area contributed by atoms with E-state index in [9.17, 15) is 4.79 Å². The number of hydrogen-bond acceptors (Lipinski definition) is 4. The fraction of sp³-hybridized carbons (Fsp3) is 0.684. The van der Waals surface area contributed by atoms with Crippen LogP contribution in [0.4, 0.5) is 4.79 Å². The van der Waals surface area contributed by atoms with Gasteiger partial charge in [0.2, 0.25) is 0 Å². The van der Waals surface area contributed by atoms with Gasteiger partial charge in [-0.15, -0.1) is 24.0 Å². The van der Waals surface area contributed by atoms with Gasteiger partial charge < -0.3 is 25.1 Å². The normalized spacial score (nSPS) is 12.1. The number of furan rings is 1. The summed E-state index contributed by atoms with van der Waals surface area (Å²) in [6.07, 6.45) is 3.60. The molecule has 1 aromatic rings. The second-order valence-corrected chi connectivity index (χ2v) is 7.30. The van der Waals surface area contributed by atoms with E-state index in [1.807, 2.05) is 32.9 Å². The van der Waals surface area contributed by atoms with Crippen LogP contribution in [0.2, 0.25) is 0 Å². The largest absolute Gasteiger partial charge is 0.469 e. The van der Waals surface area contributed by atoms with Crippen LogP contribution in [0.3, 0.4) is 0 Å². The molecule has 0 bridgehead atoms. The summed E-state index contributed by atoms with van der Waals surface area (Å²) in [5.74, 6) is 1.62. The molecule has 0 fully saturated rings. The van der Waals surface area contributed by atoms with Gasteiger partial charge in [-0.1, -0.05) is 13.8 Å². The van der Waals surface area contributed by atoms with Gasteiger partial charge in [0.15, 0.2) is 5.96 Å². The van der Waals surface area contributed by atoms with E-state index < -0.39 is 17.2 Å². The predicted octanol–water partition coefficient (Wildman–Crippen LogP) is 3.69. The van der Waals surface area contributed by atoms with Crippen molar-refractivity contribution in [3.8, 4) is 0 Å². The van der Waals surface area contributed by atoms with E-state index in [0.717, 1.165) is 25.0 Å². The molecule has 3 N–H and O–H groups in total. The predicted molar refractivity (Wildman–Crippen MR) is 120 cm³/mol. The first-order valence-electron chi connectivity index (χ1n) is 9.21. The average Bonchev–Trinajstić information content (AvgIpc) is 3.08. The molecule has 0 aromatic carbocycles. The van der Waals surface area contributed by atoms with Gasteiger partial charge in [0, 0.05) is 26.6 Å². The molecule has 0 radical (unpaired) electrons. The van der Waals surface area contributed by atoms with Gasteiger partial charge in [-0.3, -0.25) is 4.99 Å². The number of amides is 1. The first kappa shape index (κ1) is 25.6. The lowest BCUT2D eigenvalue weighted by molar-refractivity contribution is 0.0448. The molecule has 1 rings (SSSR count). The second kappa shape index (κ2) is 12.1. The van der Waals surface area contributed by atoms with Crippen molar-refractivity contribution < 1.29 is 13.9 Å². The van der Waals surface area contributed by atoms with Crippen LogP contribution >= 0.6 is 24.0 Å². The van der Waals surface area contributed by atoms with Crippen LogP contribution in [0.1, 0.15) is 53.2 Å². The molecule has 7 nitrogen and oxygen atoms in total. The maximum atomic E-state index is 12.2. The number of nitrogens with one attached hydrogen (secondary N) is 3. The Labute approximate surface area is 180 Å². The molecule has 0 saturated heterocycles. The molecule has 156 valence electrons. The molecular weight excluding hydrogens is 459 g/mol. The zero-order chi connectivity index (χ0) is 19.6. The van der Waals surface area contributed by atoms with Crippen molar-refractivity contribution in [2.45, 2.75) is 65.0 Å². The third-order valence-corrected chi connectivity index (χ3v) is 4.18. The molecule has 1 aromatic heterocycles. The van der Waals surface area contributed by atoms with Gasteiger partial charge in [0.05, 0.1) is 11.8 Å². The summed E-state index contributed by atoms with van der Waals surface area (Å²) in [7, 11) is 1.73. The van der Waals surface area contributed by atoms with E-state index in [1.54, 1.807) is 13.3 Å². The Kier molecular flexibility index (Phi) is 11.4. The highest BCUT2D eigenvalue weighted by Crippen LogP contribution is 2.16. The molecule has 0 saturated carbocycles. The van der Waals surface area contributed by atoms with Crippen molar-refractivity contribution in [3.63, 3.8) is 0 Å². The van der Waals surface area contributed by atoms with Crippen LogP contribution in [-0.4, -0.2) is 43.3 Å². The van der Waals surface area contributed by atoms with Crippen LogP contribution in [-0.2, 0) is 11.2 Å². The standard InChI is InChI=1S/C19H34N4O3.HI/c1-7-19(8-2,23-17(24)26-18(3,4)5)14-22-16(20-6)21-12-11-15-10-9-13-25-15;/h9-10,13H,7-8,11-12,14H2,1-6H3,(H,23,24)(H2,20,21,22);1H. The van der Waals surface area contributed by atoms with Gasteiger partial charge >= 0.3 is 6.09 Å². The molecule has 1 amide bonds. The number of rotatable bonds is 8. The Bertz CT molecular complexity index is 564. The van der Waals surface area contributed by atoms with Gasteiger partial charge in [0.1, 0.15) is 11.4 Å². The number of nitrogens with zero attached hydrogens (tertiary/aromatic N) is 1. The first-order valence-corrected chi connectivity index (χ1v) is 9.21. The van der Waals surface area contributed by atoms with Crippen LogP contribution in [0, 0.1) is 0 Å². The number of carbonyl (C=O) groups is 1. The molecule has 8 heteroatoms. The van der Waals surface area contributed by atoms with E-state index in [2.05, 4.69) is 34.8 Å². The fourth-order valence-corrected chi connectivity index (χ4v) is 2.47. The van der Waals surface area contributed by atoms with Crippen molar-refractivity contribution in [3.05, 3.63) is 24.2 Å². The third-order valence-electron chi connectivity index (χ3n) is 4.18. The highest BCUT2D eigenvalue weighted by molar-refractivity contribution is 14.0. The molecule has 27 heavy (non-hydrogen) atoms. The summed E-state index contributed by atoms with van der Waals surface area (Å²) >= 11 is 0. The van der Waals surface area contributed by atoms with Crippen LogP contribution in [0.25, 0.3) is 0 Å². The minimum absolute atomic E-state index is 0. The molecule has 0 aliphatic heterocycles. The number of hydrogen-bond donors (Lipinski definition) is 3. The number of aliphatic imine (C=N–C) groups is 1. The smallest absolute Gasteiger partial charge is 0.408 e. The Hall–Kier alpha value is -1.45. The second-order valence-electron chi connectivity index (χ2n) is 7.30. The van der Waals surface area contributed by atoms with Crippen LogP contribution < -0.4 is 16.0 Å². The molecule has 0 aliphatic carbocycles. The first-order chi connectivity index (χ1) is 12.2. The van der Waals surface area contributed by atoms with Crippen molar-refractivity contribution in [1.29, 1.82) is 0 Å². The summed E-state index contributed by atoms with van der Waals surface area (Å²) in [5.41, 5.74) is -0.921. The summed E-state index contributed by atoms with van der Waals surface area (Å²) < 4.78 is 10.7. The summed E-state index contributed by atoms with van der Waals surface area (Å²) in [6.45, 7) is 10.9. The Morgan fingerprint density at radius 1 is 1.22 bits per heavy atom. The van der Waals surface area contributed by atoms with Crippen LogP contribution in [0.15, 0.2) is 27.8 Å². The number of carbonyl (C=O) groups excluding carboxylic acids is 1. The van der Waals surface area contributed by atoms with Crippen molar-refractivity contribution in [2.75, 3.05) is 20.1 Å². The van der Waals surface area contributed by atoms with E-state index >= 15 is 0 Å². The highest BCUT2D eigenvalue weighted by Gasteiger charge is 2.30. The number of alkyl carbamates (subject to hydrolysis) is 1. The maximum absolute atomic E-state index is 12.2. The van der Waals surface area contributed by atoms with Gasteiger partial charge in [-0.05, 0) is 45.7 Å². The quantitative estimate of drug-likeness (QED) is 0.292. The summed E-state index contributed by atoms with van der Waals surface area (Å²) in [6, 6.07) is 3.82. The Morgan fingerprint density at radius 3 is 2.37 bits per heavy atom. The SMILES string of the molecule is CCC(CC)(CNC(=NC)NCCc1ccco1)NC(=O)OC(C)(C)C.I. The lowest BCUT2D eigenvalue weighted by Gasteiger charge is -2.34. The van der Waals surface area contributed by atoms with Crippen molar-refractivity contribution in [1.82, 2.24) is 16.0 Å². The molecule has 0 spiro atoms. The van der Waals surface area contributed by atoms with Crippen molar-refractivity contribution >= 4 is 36.0 Å². The van der Waals surface area contributed by atoms with E-state index in [4.69, 9.17) is 9.15 Å².